The summed E-state index contributed by atoms with van der Waals surface area (Å²) in [6.07, 6.45) is 3.56. The second-order valence-corrected chi connectivity index (χ2v) is 5.86. The third kappa shape index (κ3) is 3.22. The van der Waals surface area contributed by atoms with Crippen LogP contribution in [0.3, 0.4) is 0 Å². The molecule has 0 amide bonds. The fourth-order valence-corrected chi connectivity index (χ4v) is 2.41. The van der Waals surface area contributed by atoms with Crippen LogP contribution in [0, 0.1) is 5.41 Å². The SMILES string of the molecule is CC1(C)CCN(c2ccc(CCN)cc2)CC1. The zero-order chi connectivity index (χ0) is 12.3. The van der Waals surface area contributed by atoms with Gasteiger partial charge in [-0.1, -0.05) is 26.0 Å². The van der Waals surface area contributed by atoms with Gasteiger partial charge in [0, 0.05) is 18.8 Å². The van der Waals surface area contributed by atoms with Crippen LogP contribution < -0.4 is 10.6 Å². The first kappa shape index (κ1) is 12.4. The van der Waals surface area contributed by atoms with Gasteiger partial charge in [-0.15, -0.1) is 0 Å². The van der Waals surface area contributed by atoms with E-state index >= 15 is 0 Å². The number of benzene rings is 1. The zero-order valence-corrected chi connectivity index (χ0v) is 11.1. The van der Waals surface area contributed by atoms with Crippen LogP contribution in [-0.2, 0) is 6.42 Å². The van der Waals surface area contributed by atoms with E-state index in [1.54, 1.807) is 0 Å². The van der Waals surface area contributed by atoms with E-state index in [1.807, 2.05) is 0 Å². The fourth-order valence-electron chi connectivity index (χ4n) is 2.41. The highest BCUT2D eigenvalue weighted by Gasteiger charge is 2.25. The summed E-state index contributed by atoms with van der Waals surface area (Å²) in [5.74, 6) is 0. The highest BCUT2D eigenvalue weighted by atomic mass is 15.1. The van der Waals surface area contributed by atoms with Gasteiger partial charge in [-0.3, -0.25) is 0 Å². The number of hydrogen-bond acceptors (Lipinski definition) is 2. The average Bonchev–Trinajstić information content (AvgIpc) is 2.31. The Morgan fingerprint density at radius 3 is 2.24 bits per heavy atom. The molecular weight excluding hydrogens is 208 g/mol. The molecule has 0 aliphatic carbocycles. The third-order valence-electron chi connectivity index (χ3n) is 3.85. The Morgan fingerprint density at radius 2 is 1.71 bits per heavy atom. The van der Waals surface area contributed by atoms with E-state index in [-0.39, 0.29) is 0 Å². The molecule has 17 heavy (non-hydrogen) atoms. The molecule has 1 heterocycles. The van der Waals surface area contributed by atoms with Gasteiger partial charge in [-0.05, 0) is 48.9 Å². The van der Waals surface area contributed by atoms with E-state index in [2.05, 4.69) is 43.0 Å². The maximum absolute atomic E-state index is 5.56. The lowest BCUT2D eigenvalue weighted by molar-refractivity contribution is 0.280. The second kappa shape index (κ2) is 5.09. The molecule has 1 aromatic rings. The maximum atomic E-state index is 5.56. The molecule has 1 fully saturated rings. The van der Waals surface area contributed by atoms with Gasteiger partial charge in [0.2, 0.25) is 0 Å². The van der Waals surface area contributed by atoms with Crippen molar-refractivity contribution in [3.05, 3.63) is 29.8 Å². The molecule has 94 valence electrons. The van der Waals surface area contributed by atoms with E-state index < -0.39 is 0 Å². The topological polar surface area (TPSA) is 29.3 Å². The minimum Gasteiger partial charge on any atom is -0.371 e. The molecule has 0 atom stereocenters. The molecule has 2 rings (SSSR count). The lowest BCUT2D eigenvalue weighted by Gasteiger charge is -2.38. The second-order valence-electron chi connectivity index (χ2n) is 5.86. The molecular formula is C15H24N2. The molecule has 1 saturated heterocycles. The van der Waals surface area contributed by atoms with Crippen LogP contribution in [0.2, 0.25) is 0 Å². The van der Waals surface area contributed by atoms with E-state index in [9.17, 15) is 0 Å². The zero-order valence-electron chi connectivity index (χ0n) is 11.1. The molecule has 0 spiro atoms. The van der Waals surface area contributed by atoms with Gasteiger partial charge >= 0.3 is 0 Å². The summed E-state index contributed by atoms with van der Waals surface area (Å²) in [5.41, 5.74) is 8.79. The normalized spacial score (nSPS) is 19.4. The molecule has 0 aromatic heterocycles. The van der Waals surface area contributed by atoms with Crippen LogP contribution in [0.25, 0.3) is 0 Å². The first-order chi connectivity index (χ1) is 8.11. The summed E-state index contributed by atoms with van der Waals surface area (Å²) in [4.78, 5) is 2.50. The summed E-state index contributed by atoms with van der Waals surface area (Å²) in [5, 5.41) is 0. The van der Waals surface area contributed by atoms with E-state index in [1.165, 1.54) is 37.2 Å². The van der Waals surface area contributed by atoms with Gasteiger partial charge in [0.05, 0.1) is 0 Å². The monoisotopic (exact) mass is 232 g/mol. The van der Waals surface area contributed by atoms with Gasteiger partial charge < -0.3 is 10.6 Å². The largest absolute Gasteiger partial charge is 0.371 e. The van der Waals surface area contributed by atoms with Gasteiger partial charge in [-0.2, -0.15) is 0 Å². The minimum atomic E-state index is 0.524. The number of nitrogens with zero attached hydrogens (tertiary/aromatic N) is 1. The Hall–Kier alpha value is -1.02. The predicted molar refractivity (Wildman–Crippen MR) is 74.4 cm³/mol. The number of piperidine rings is 1. The van der Waals surface area contributed by atoms with Crippen molar-refractivity contribution < 1.29 is 0 Å². The van der Waals surface area contributed by atoms with Gasteiger partial charge in [0.15, 0.2) is 0 Å². The molecule has 2 N–H and O–H groups in total. The summed E-state index contributed by atoms with van der Waals surface area (Å²) in [7, 11) is 0. The standard InChI is InChI=1S/C15H24N2/c1-15(2)8-11-17(12-9-15)14-5-3-13(4-6-14)7-10-16/h3-6H,7-12,16H2,1-2H3. The molecule has 2 heteroatoms. The van der Waals surface area contributed by atoms with E-state index in [0.717, 1.165) is 13.0 Å². The van der Waals surface area contributed by atoms with Gasteiger partial charge in [0.1, 0.15) is 0 Å². The van der Waals surface area contributed by atoms with Crippen LogP contribution in [0.1, 0.15) is 32.3 Å². The number of anilines is 1. The molecule has 1 aromatic carbocycles. The Kier molecular flexibility index (Phi) is 3.72. The Morgan fingerprint density at radius 1 is 1.12 bits per heavy atom. The third-order valence-corrected chi connectivity index (χ3v) is 3.85. The van der Waals surface area contributed by atoms with Crippen LogP contribution in [-0.4, -0.2) is 19.6 Å². The quantitative estimate of drug-likeness (QED) is 0.868. The van der Waals surface area contributed by atoms with E-state index in [4.69, 9.17) is 5.73 Å². The summed E-state index contributed by atoms with van der Waals surface area (Å²) < 4.78 is 0. The first-order valence-corrected chi connectivity index (χ1v) is 6.65. The van der Waals surface area contributed by atoms with Crippen molar-refractivity contribution >= 4 is 5.69 Å². The highest BCUT2D eigenvalue weighted by molar-refractivity contribution is 5.48. The maximum Gasteiger partial charge on any atom is 0.0366 e. The summed E-state index contributed by atoms with van der Waals surface area (Å²) in [6.45, 7) is 7.84. The lowest BCUT2D eigenvalue weighted by atomic mass is 9.82. The van der Waals surface area contributed by atoms with Gasteiger partial charge in [-0.25, -0.2) is 0 Å². The average molecular weight is 232 g/mol. The molecule has 0 radical (unpaired) electrons. The molecule has 1 aliphatic heterocycles. The molecule has 1 aliphatic rings. The molecule has 0 bridgehead atoms. The molecule has 0 saturated carbocycles. The van der Waals surface area contributed by atoms with Crippen molar-refractivity contribution in [1.82, 2.24) is 0 Å². The number of rotatable bonds is 3. The Bertz CT molecular complexity index is 344. The van der Waals surface area contributed by atoms with Crippen LogP contribution >= 0.6 is 0 Å². The van der Waals surface area contributed by atoms with Crippen molar-refractivity contribution in [1.29, 1.82) is 0 Å². The Labute approximate surface area is 105 Å². The van der Waals surface area contributed by atoms with Crippen molar-refractivity contribution in [3.8, 4) is 0 Å². The van der Waals surface area contributed by atoms with Crippen molar-refractivity contribution in [3.63, 3.8) is 0 Å². The van der Waals surface area contributed by atoms with Crippen molar-refractivity contribution in [2.45, 2.75) is 33.1 Å². The lowest BCUT2D eigenvalue weighted by Crippen LogP contribution is -2.37. The van der Waals surface area contributed by atoms with Gasteiger partial charge in [0.25, 0.3) is 0 Å². The molecule has 2 nitrogen and oxygen atoms in total. The van der Waals surface area contributed by atoms with Crippen molar-refractivity contribution in [2.75, 3.05) is 24.5 Å². The number of hydrogen-bond donors (Lipinski definition) is 1. The summed E-state index contributed by atoms with van der Waals surface area (Å²) >= 11 is 0. The fraction of sp³-hybridized carbons (Fsp3) is 0.600. The smallest absolute Gasteiger partial charge is 0.0366 e. The van der Waals surface area contributed by atoms with Crippen LogP contribution in [0.4, 0.5) is 5.69 Å². The first-order valence-electron chi connectivity index (χ1n) is 6.65. The molecule has 0 unspecified atom stereocenters. The number of nitrogens with two attached hydrogens (primary N) is 1. The predicted octanol–water partition coefficient (Wildman–Crippen LogP) is 2.81. The Balaban J connectivity index is 1.99. The minimum absolute atomic E-state index is 0.524. The highest BCUT2D eigenvalue weighted by Crippen LogP contribution is 2.32. The summed E-state index contributed by atoms with van der Waals surface area (Å²) in [6, 6.07) is 8.90. The van der Waals surface area contributed by atoms with Crippen molar-refractivity contribution in [2.24, 2.45) is 11.1 Å². The van der Waals surface area contributed by atoms with E-state index in [0.29, 0.717) is 5.41 Å². The van der Waals surface area contributed by atoms with Crippen LogP contribution in [0.5, 0.6) is 0 Å². The van der Waals surface area contributed by atoms with Crippen LogP contribution in [0.15, 0.2) is 24.3 Å².